The molecule has 4 nitrogen and oxygen atoms in total. The predicted molar refractivity (Wildman–Crippen MR) is 78.1 cm³/mol. The lowest BCUT2D eigenvalue weighted by atomic mass is 10.1. The lowest BCUT2D eigenvalue weighted by molar-refractivity contribution is 0.0911. The molecule has 0 radical (unpaired) electrons. The molecule has 1 aromatic heterocycles. The van der Waals surface area contributed by atoms with Gasteiger partial charge in [-0.25, -0.2) is 4.98 Å². The maximum Gasteiger partial charge on any atom is 0.236 e. The normalized spacial score (nSPS) is 11.4. The molecule has 0 aliphatic rings. The first kappa shape index (κ1) is 14.3. The zero-order valence-electron chi connectivity index (χ0n) is 12.4. The quantitative estimate of drug-likeness (QED) is 0.861. The van der Waals surface area contributed by atoms with Gasteiger partial charge in [0, 0.05) is 12.4 Å². The highest BCUT2D eigenvalue weighted by atomic mass is 16.5. The average molecular weight is 272 g/mol. The van der Waals surface area contributed by atoms with E-state index in [1.807, 2.05) is 52.0 Å². The number of aromatic nitrogens is 2. The number of carbonyl (C=O) groups excluding carboxylic acids is 1. The van der Waals surface area contributed by atoms with Gasteiger partial charge in [0.05, 0.1) is 6.42 Å². The van der Waals surface area contributed by atoms with Gasteiger partial charge in [0.1, 0.15) is 17.2 Å². The molecule has 0 atom stereocenters. The number of hydrogen-bond acceptors (Lipinski definition) is 3. The molecule has 0 aliphatic carbocycles. The third-order valence-corrected chi connectivity index (χ3v) is 2.80. The van der Waals surface area contributed by atoms with Crippen LogP contribution in [0, 0.1) is 6.92 Å². The van der Waals surface area contributed by atoms with Gasteiger partial charge in [0.25, 0.3) is 0 Å². The van der Waals surface area contributed by atoms with E-state index in [1.54, 1.807) is 17.0 Å². The minimum absolute atomic E-state index is 0.0180. The van der Waals surface area contributed by atoms with Gasteiger partial charge >= 0.3 is 0 Å². The summed E-state index contributed by atoms with van der Waals surface area (Å²) in [5.41, 5.74) is 0.745. The SMILES string of the molecule is Cc1nccn1C(=O)Cc1ccc(OC(C)(C)C)cc1. The summed E-state index contributed by atoms with van der Waals surface area (Å²) in [4.78, 5) is 16.2. The van der Waals surface area contributed by atoms with Crippen molar-refractivity contribution in [3.63, 3.8) is 0 Å². The van der Waals surface area contributed by atoms with Crippen LogP contribution in [0.15, 0.2) is 36.7 Å². The van der Waals surface area contributed by atoms with Crippen LogP contribution in [-0.2, 0) is 6.42 Å². The van der Waals surface area contributed by atoms with Crippen molar-refractivity contribution in [2.24, 2.45) is 0 Å². The molecule has 0 N–H and O–H groups in total. The summed E-state index contributed by atoms with van der Waals surface area (Å²) in [6.07, 6.45) is 3.68. The van der Waals surface area contributed by atoms with Crippen molar-refractivity contribution in [2.45, 2.75) is 39.7 Å². The van der Waals surface area contributed by atoms with Crippen LogP contribution in [0.1, 0.15) is 37.0 Å². The first-order valence-corrected chi connectivity index (χ1v) is 6.66. The Labute approximate surface area is 119 Å². The lowest BCUT2D eigenvalue weighted by Gasteiger charge is -2.21. The maximum atomic E-state index is 12.1. The summed E-state index contributed by atoms with van der Waals surface area (Å²) < 4.78 is 7.32. The Hall–Kier alpha value is -2.10. The molecular formula is C16H20N2O2. The Balaban J connectivity index is 2.04. The molecule has 2 rings (SSSR count). The van der Waals surface area contributed by atoms with E-state index in [9.17, 15) is 4.79 Å². The van der Waals surface area contributed by atoms with Gasteiger partial charge in [0.2, 0.25) is 5.91 Å². The molecule has 0 unspecified atom stereocenters. The van der Waals surface area contributed by atoms with Crippen molar-refractivity contribution in [3.05, 3.63) is 48.0 Å². The first-order valence-electron chi connectivity index (χ1n) is 6.66. The molecule has 106 valence electrons. The van der Waals surface area contributed by atoms with E-state index in [0.29, 0.717) is 12.2 Å². The van der Waals surface area contributed by atoms with Crippen LogP contribution in [0.25, 0.3) is 0 Å². The Bertz CT molecular complexity index is 592. The van der Waals surface area contributed by atoms with E-state index in [1.165, 1.54) is 0 Å². The minimum Gasteiger partial charge on any atom is -0.488 e. The Morgan fingerprint density at radius 3 is 2.40 bits per heavy atom. The van der Waals surface area contributed by atoms with Gasteiger partial charge in [-0.15, -0.1) is 0 Å². The van der Waals surface area contributed by atoms with Crippen molar-refractivity contribution in [2.75, 3.05) is 0 Å². The van der Waals surface area contributed by atoms with Crippen LogP contribution in [-0.4, -0.2) is 21.1 Å². The number of carbonyl (C=O) groups is 1. The monoisotopic (exact) mass is 272 g/mol. The van der Waals surface area contributed by atoms with E-state index in [0.717, 1.165) is 11.3 Å². The van der Waals surface area contributed by atoms with E-state index < -0.39 is 0 Å². The largest absolute Gasteiger partial charge is 0.488 e. The van der Waals surface area contributed by atoms with Crippen LogP contribution in [0.2, 0.25) is 0 Å². The minimum atomic E-state index is -0.217. The molecule has 1 heterocycles. The fourth-order valence-electron chi connectivity index (χ4n) is 1.93. The predicted octanol–water partition coefficient (Wildman–Crippen LogP) is 3.25. The molecular weight excluding hydrogens is 252 g/mol. The number of aryl methyl sites for hydroxylation is 1. The maximum absolute atomic E-state index is 12.1. The molecule has 0 spiro atoms. The van der Waals surface area contributed by atoms with Gasteiger partial charge in [0.15, 0.2) is 0 Å². The smallest absolute Gasteiger partial charge is 0.236 e. The van der Waals surface area contributed by atoms with Crippen molar-refractivity contribution in [1.29, 1.82) is 0 Å². The van der Waals surface area contributed by atoms with E-state index in [-0.39, 0.29) is 11.5 Å². The van der Waals surface area contributed by atoms with Crippen LogP contribution >= 0.6 is 0 Å². The summed E-state index contributed by atoms with van der Waals surface area (Å²) >= 11 is 0. The topological polar surface area (TPSA) is 44.1 Å². The molecule has 0 saturated carbocycles. The second kappa shape index (κ2) is 5.49. The van der Waals surface area contributed by atoms with Crippen molar-refractivity contribution >= 4 is 5.91 Å². The number of rotatable bonds is 3. The van der Waals surface area contributed by atoms with Gasteiger partial charge in [-0.3, -0.25) is 9.36 Å². The number of ether oxygens (including phenoxy) is 1. The van der Waals surface area contributed by atoms with Crippen LogP contribution < -0.4 is 4.74 Å². The van der Waals surface area contributed by atoms with Crippen LogP contribution in [0.3, 0.4) is 0 Å². The zero-order chi connectivity index (χ0) is 14.8. The summed E-state index contributed by atoms with van der Waals surface area (Å²) in [5, 5.41) is 0. The molecule has 0 saturated heterocycles. The lowest BCUT2D eigenvalue weighted by Crippen LogP contribution is -2.22. The van der Waals surface area contributed by atoms with Gasteiger partial charge in [-0.2, -0.15) is 0 Å². The summed E-state index contributed by atoms with van der Waals surface area (Å²) in [6.45, 7) is 7.84. The molecule has 20 heavy (non-hydrogen) atoms. The zero-order valence-corrected chi connectivity index (χ0v) is 12.4. The molecule has 1 aromatic carbocycles. The van der Waals surface area contributed by atoms with Gasteiger partial charge < -0.3 is 4.74 Å². The number of benzene rings is 1. The number of imidazole rings is 1. The van der Waals surface area contributed by atoms with Crippen LogP contribution in [0.5, 0.6) is 5.75 Å². The van der Waals surface area contributed by atoms with Crippen molar-refractivity contribution in [1.82, 2.24) is 9.55 Å². The Morgan fingerprint density at radius 1 is 1.25 bits per heavy atom. The third kappa shape index (κ3) is 3.70. The van der Waals surface area contributed by atoms with Gasteiger partial charge in [-0.1, -0.05) is 12.1 Å². The Morgan fingerprint density at radius 2 is 1.90 bits per heavy atom. The van der Waals surface area contributed by atoms with E-state index >= 15 is 0 Å². The highest BCUT2D eigenvalue weighted by Gasteiger charge is 2.12. The van der Waals surface area contributed by atoms with E-state index in [4.69, 9.17) is 4.74 Å². The van der Waals surface area contributed by atoms with Gasteiger partial charge in [-0.05, 0) is 45.4 Å². The summed E-state index contributed by atoms with van der Waals surface area (Å²) in [7, 11) is 0. The fraction of sp³-hybridized carbons (Fsp3) is 0.375. The third-order valence-electron chi connectivity index (χ3n) is 2.80. The fourth-order valence-corrected chi connectivity index (χ4v) is 1.93. The average Bonchev–Trinajstić information content (AvgIpc) is 2.76. The second-order valence-electron chi connectivity index (χ2n) is 5.77. The molecule has 4 heteroatoms. The summed E-state index contributed by atoms with van der Waals surface area (Å²) in [5.74, 6) is 1.54. The van der Waals surface area contributed by atoms with Crippen LogP contribution in [0.4, 0.5) is 0 Å². The van der Waals surface area contributed by atoms with E-state index in [2.05, 4.69) is 4.98 Å². The first-order chi connectivity index (χ1) is 9.35. The standard InChI is InChI=1S/C16H20N2O2/c1-12-17-9-10-18(12)15(19)11-13-5-7-14(8-6-13)20-16(2,3)4/h5-10H,11H2,1-4H3. The summed E-state index contributed by atoms with van der Waals surface area (Å²) in [6, 6.07) is 7.64. The molecule has 0 fully saturated rings. The van der Waals surface area contributed by atoms with Crippen molar-refractivity contribution in [3.8, 4) is 5.75 Å². The van der Waals surface area contributed by atoms with Crippen molar-refractivity contribution < 1.29 is 9.53 Å². The highest BCUT2D eigenvalue weighted by Crippen LogP contribution is 2.18. The highest BCUT2D eigenvalue weighted by molar-refractivity contribution is 5.81. The number of hydrogen-bond donors (Lipinski definition) is 0. The molecule has 0 aliphatic heterocycles. The second-order valence-corrected chi connectivity index (χ2v) is 5.77. The number of nitrogens with zero attached hydrogens (tertiary/aromatic N) is 2. The molecule has 0 bridgehead atoms. The molecule has 0 amide bonds. The molecule has 2 aromatic rings. The Kier molecular flexibility index (Phi) is 3.93.